The topological polar surface area (TPSA) is 88.4 Å². The van der Waals surface area contributed by atoms with E-state index in [1.807, 2.05) is 68.5 Å². The van der Waals surface area contributed by atoms with E-state index in [9.17, 15) is 9.59 Å². The molecule has 3 aromatic carbocycles. The fourth-order valence-electron chi connectivity index (χ4n) is 5.38. The molecule has 0 bridgehead atoms. The maximum absolute atomic E-state index is 14.2. The molecule has 1 atom stereocenters. The maximum Gasteiger partial charge on any atom is 0.338 e. The van der Waals surface area contributed by atoms with E-state index in [-0.39, 0.29) is 18.3 Å². The van der Waals surface area contributed by atoms with Crippen LogP contribution in [-0.2, 0) is 22.6 Å². The Morgan fingerprint density at radius 3 is 2.55 bits per heavy atom. The monoisotopic (exact) mass is 672 g/mol. The molecule has 0 saturated heterocycles. The van der Waals surface area contributed by atoms with Crippen LogP contribution in [0.1, 0.15) is 56.0 Å². The minimum atomic E-state index is -0.786. The molecule has 5 rings (SSSR count). The number of carbonyl (C=O) groups is 1. The highest BCUT2D eigenvalue weighted by Crippen LogP contribution is 2.36. The molecule has 1 aliphatic rings. The van der Waals surface area contributed by atoms with Crippen LogP contribution in [0.5, 0.6) is 17.2 Å². The molecule has 47 heavy (non-hydrogen) atoms. The molecule has 0 saturated carbocycles. The number of allylic oxidation sites excluding steroid dienone is 2. The SMILES string of the molecule is C=CCc1cc(/C=c2\sc3n(c2=O)[C@@H](c2ccc(OC(C)C)c(OC)c2)C(C(=O)OCC)=C(C)N=3)ccc1OCc1ccccc1Cl. The van der Waals surface area contributed by atoms with Crippen molar-refractivity contribution < 1.29 is 23.7 Å². The van der Waals surface area contributed by atoms with Gasteiger partial charge in [0.15, 0.2) is 16.3 Å². The molecule has 1 aliphatic heterocycles. The molecule has 1 aromatic heterocycles. The number of carbonyl (C=O) groups excluding carboxylic acids is 1. The predicted molar refractivity (Wildman–Crippen MR) is 185 cm³/mol. The van der Waals surface area contributed by atoms with Crippen LogP contribution in [0.4, 0.5) is 0 Å². The van der Waals surface area contributed by atoms with Gasteiger partial charge < -0.3 is 18.9 Å². The molecule has 0 radical (unpaired) electrons. The third kappa shape index (κ3) is 7.37. The summed E-state index contributed by atoms with van der Waals surface area (Å²) in [5, 5.41) is 0.641. The van der Waals surface area contributed by atoms with Gasteiger partial charge in [0.05, 0.1) is 41.7 Å². The molecule has 0 spiro atoms. The van der Waals surface area contributed by atoms with E-state index >= 15 is 0 Å². The van der Waals surface area contributed by atoms with Crippen molar-refractivity contribution in [3.8, 4) is 17.2 Å². The summed E-state index contributed by atoms with van der Waals surface area (Å²) in [6.45, 7) is 11.8. The van der Waals surface area contributed by atoms with Crippen LogP contribution < -0.4 is 29.1 Å². The Hall–Kier alpha value is -4.60. The zero-order valence-electron chi connectivity index (χ0n) is 27.0. The van der Waals surface area contributed by atoms with Gasteiger partial charge in [-0.05, 0) is 87.2 Å². The Morgan fingerprint density at radius 1 is 1.09 bits per heavy atom. The average molecular weight is 673 g/mol. The molecule has 0 fully saturated rings. The fourth-order valence-corrected chi connectivity index (χ4v) is 6.62. The van der Waals surface area contributed by atoms with Crippen molar-refractivity contribution in [1.29, 1.82) is 0 Å². The third-order valence-electron chi connectivity index (χ3n) is 7.47. The highest BCUT2D eigenvalue weighted by molar-refractivity contribution is 7.07. The van der Waals surface area contributed by atoms with Crippen molar-refractivity contribution in [1.82, 2.24) is 4.57 Å². The summed E-state index contributed by atoms with van der Waals surface area (Å²) in [6, 6.07) is 18.0. The average Bonchev–Trinajstić information content (AvgIpc) is 3.34. The normalized spacial score (nSPS) is 14.4. The summed E-state index contributed by atoms with van der Waals surface area (Å²) in [5.74, 6) is 1.22. The number of hydrogen-bond donors (Lipinski definition) is 0. The van der Waals surface area contributed by atoms with E-state index in [4.69, 9.17) is 35.5 Å². The van der Waals surface area contributed by atoms with Crippen molar-refractivity contribution in [2.45, 2.75) is 52.9 Å². The van der Waals surface area contributed by atoms with E-state index in [2.05, 4.69) is 6.58 Å². The lowest BCUT2D eigenvalue weighted by Crippen LogP contribution is -2.40. The molecule has 0 N–H and O–H groups in total. The predicted octanol–water partition coefficient (Wildman–Crippen LogP) is 6.56. The number of fused-ring (bicyclic) bond motifs is 1. The minimum absolute atomic E-state index is 0.0698. The van der Waals surface area contributed by atoms with E-state index in [0.29, 0.717) is 61.5 Å². The van der Waals surface area contributed by atoms with Gasteiger partial charge in [-0.2, -0.15) is 0 Å². The second-order valence-corrected chi connectivity index (χ2v) is 12.5. The quantitative estimate of drug-likeness (QED) is 0.125. The fraction of sp³-hybridized carbons (Fsp3) is 0.270. The Kier molecular flexibility index (Phi) is 10.7. The van der Waals surface area contributed by atoms with Crippen molar-refractivity contribution >= 4 is 35.0 Å². The number of benzene rings is 3. The molecular formula is C37H37ClN2O6S. The Balaban J connectivity index is 1.59. The number of hydrogen-bond acceptors (Lipinski definition) is 8. The molecule has 0 unspecified atom stereocenters. The number of halogens is 1. The van der Waals surface area contributed by atoms with Gasteiger partial charge in [-0.25, -0.2) is 9.79 Å². The number of aromatic nitrogens is 1. The Morgan fingerprint density at radius 2 is 1.85 bits per heavy atom. The summed E-state index contributed by atoms with van der Waals surface area (Å²) in [5.41, 5.74) is 3.77. The van der Waals surface area contributed by atoms with Crippen LogP contribution in [0, 0.1) is 0 Å². The molecule has 10 heteroatoms. The van der Waals surface area contributed by atoms with Crippen LogP contribution in [0.3, 0.4) is 0 Å². The first-order chi connectivity index (χ1) is 22.6. The van der Waals surface area contributed by atoms with E-state index in [1.54, 1.807) is 43.7 Å². The molecule has 244 valence electrons. The minimum Gasteiger partial charge on any atom is -0.493 e. The smallest absolute Gasteiger partial charge is 0.338 e. The van der Waals surface area contributed by atoms with E-state index < -0.39 is 12.0 Å². The van der Waals surface area contributed by atoms with Gasteiger partial charge in [-0.1, -0.05) is 59.3 Å². The second-order valence-electron chi connectivity index (χ2n) is 11.1. The summed E-state index contributed by atoms with van der Waals surface area (Å²) >= 11 is 7.59. The largest absolute Gasteiger partial charge is 0.493 e. The van der Waals surface area contributed by atoms with E-state index in [0.717, 1.165) is 16.7 Å². The highest BCUT2D eigenvalue weighted by Gasteiger charge is 2.34. The first-order valence-corrected chi connectivity index (χ1v) is 16.5. The van der Waals surface area contributed by atoms with Crippen LogP contribution >= 0.6 is 22.9 Å². The van der Waals surface area contributed by atoms with Crippen molar-refractivity contribution in [3.63, 3.8) is 0 Å². The number of methoxy groups -OCH3 is 1. The maximum atomic E-state index is 14.2. The zero-order valence-corrected chi connectivity index (χ0v) is 28.6. The molecule has 2 heterocycles. The van der Waals surface area contributed by atoms with Gasteiger partial charge >= 0.3 is 5.97 Å². The van der Waals surface area contributed by atoms with Gasteiger partial charge in [0.2, 0.25) is 0 Å². The lowest BCUT2D eigenvalue weighted by molar-refractivity contribution is -0.139. The lowest BCUT2D eigenvalue weighted by atomic mass is 9.95. The van der Waals surface area contributed by atoms with Crippen molar-refractivity contribution in [2.24, 2.45) is 4.99 Å². The molecule has 0 amide bonds. The van der Waals surface area contributed by atoms with Crippen molar-refractivity contribution in [3.05, 3.63) is 132 Å². The molecule has 0 aliphatic carbocycles. The summed E-state index contributed by atoms with van der Waals surface area (Å²) in [7, 11) is 1.55. The summed E-state index contributed by atoms with van der Waals surface area (Å²) in [6.07, 6.45) is 4.14. The van der Waals surface area contributed by atoms with Gasteiger partial charge in [-0.15, -0.1) is 6.58 Å². The highest BCUT2D eigenvalue weighted by atomic mass is 35.5. The van der Waals surface area contributed by atoms with Crippen LogP contribution in [0.2, 0.25) is 5.02 Å². The van der Waals surface area contributed by atoms with Gasteiger partial charge in [0.25, 0.3) is 5.56 Å². The Labute approximate surface area is 282 Å². The second kappa shape index (κ2) is 14.9. The number of ether oxygens (including phenoxy) is 4. The van der Waals surface area contributed by atoms with Crippen LogP contribution in [-0.4, -0.2) is 30.4 Å². The standard InChI is InChI=1S/C37H37ClN2O6S/c1-7-11-25-18-24(14-16-29(25)45-21-27-12-9-10-13-28(27)38)19-32-35(41)40-34(26-15-17-30(46-22(3)4)31(20-26)43-6)33(36(42)44-8-2)23(5)39-37(40)47-32/h7,9-10,12-20,22,34H,1,8,11,21H2,2-6H3/b32-19-/t34-/m0/s1. The first kappa shape index (κ1) is 33.8. The van der Waals surface area contributed by atoms with Crippen LogP contribution in [0.25, 0.3) is 6.08 Å². The number of rotatable bonds is 12. The third-order valence-corrected chi connectivity index (χ3v) is 8.82. The zero-order chi connectivity index (χ0) is 33.7. The lowest BCUT2D eigenvalue weighted by Gasteiger charge is -2.25. The van der Waals surface area contributed by atoms with E-state index in [1.165, 1.54) is 11.3 Å². The number of nitrogens with zero attached hydrogens (tertiary/aromatic N) is 2. The van der Waals surface area contributed by atoms with Gasteiger partial charge in [0.1, 0.15) is 12.4 Å². The molecular weight excluding hydrogens is 636 g/mol. The van der Waals surface area contributed by atoms with Gasteiger partial charge in [0, 0.05) is 10.6 Å². The summed E-state index contributed by atoms with van der Waals surface area (Å²) in [4.78, 5) is 32.7. The van der Waals surface area contributed by atoms with Crippen molar-refractivity contribution in [2.75, 3.05) is 13.7 Å². The first-order valence-electron chi connectivity index (χ1n) is 15.3. The number of thiazole rings is 1. The Bertz CT molecular complexity index is 2030. The van der Waals surface area contributed by atoms with Gasteiger partial charge in [-0.3, -0.25) is 9.36 Å². The molecule has 4 aromatic rings. The number of esters is 1. The van der Waals surface area contributed by atoms with Crippen LogP contribution in [0.15, 0.2) is 94.4 Å². The summed E-state index contributed by atoms with van der Waals surface area (Å²) < 4.78 is 25.2. The molecule has 8 nitrogen and oxygen atoms in total.